The molecule has 37 heavy (non-hydrogen) atoms. The Morgan fingerprint density at radius 2 is 1.81 bits per heavy atom. The topological polar surface area (TPSA) is 90.4 Å². The van der Waals surface area contributed by atoms with Crippen molar-refractivity contribution in [2.45, 2.75) is 129 Å². The van der Waals surface area contributed by atoms with Crippen LogP contribution in [-0.4, -0.2) is 37.7 Å². The molecule has 212 valence electrons. The zero-order valence-electron chi connectivity index (χ0n) is 24.2. The molecule has 5 N–H and O–H groups in total. The van der Waals surface area contributed by atoms with Gasteiger partial charge in [0.15, 0.2) is 0 Å². The molecule has 0 aromatic rings. The minimum atomic E-state index is -0.235. The Kier molecular flexibility index (Phi) is 10.2. The second kappa shape index (κ2) is 13.0. The van der Waals surface area contributed by atoms with E-state index in [-0.39, 0.29) is 18.1 Å². The summed E-state index contributed by atoms with van der Waals surface area (Å²) in [6, 6.07) is -0.235. The van der Waals surface area contributed by atoms with Crippen LogP contribution in [0.4, 0.5) is 0 Å². The molecule has 0 heterocycles. The molecule has 8 atom stereocenters. The largest absolute Gasteiger partial charge is 0.461 e. The summed E-state index contributed by atoms with van der Waals surface area (Å²) in [4.78, 5) is 13.2. The first-order chi connectivity index (χ1) is 17.9. The highest BCUT2D eigenvalue weighted by Crippen LogP contribution is 2.66. The van der Waals surface area contributed by atoms with Crippen molar-refractivity contribution in [3.8, 4) is 0 Å². The van der Waals surface area contributed by atoms with Gasteiger partial charge in [0.05, 0.1) is 0 Å². The second-order valence-corrected chi connectivity index (χ2v) is 13.4. The molecule has 0 radical (unpaired) electrons. The van der Waals surface area contributed by atoms with Crippen molar-refractivity contribution in [3.05, 3.63) is 11.6 Å². The number of unbranched alkanes of at least 4 members (excludes halogenated alkanes) is 3. The number of esters is 1. The molecule has 3 saturated carbocycles. The standard InChI is InChI=1S/C32H57N3O2/c1-4-23-12-14-27-26-13-11-24-22-25(15-17-32(24,3)28(26)16-18-31(23,27)2)37-30(36)29(10-9-20-34)35-21-8-6-5-7-19-33/h11,23,25-29,35H,4-10,12-22,33-34H2,1-3H3/t23-,25-,26-,27-,28-,29-,31+,32-/m0/s1. The number of carbonyl (C=O) groups is 1. The van der Waals surface area contributed by atoms with Crippen LogP contribution in [0.15, 0.2) is 11.6 Å². The van der Waals surface area contributed by atoms with E-state index < -0.39 is 0 Å². The molecular formula is C32H57N3O2. The molecule has 4 rings (SSSR count). The first-order valence-electron chi connectivity index (χ1n) is 15.9. The molecule has 5 nitrogen and oxygen atoms in total. The van der Waals surface area contributed by atoms with Crippen LogP contribution >= 0.6 is 0 Å². The van der Waals surface area contributed by atoms with Crippen molar-refractivity contribution < 1.29 is 9.53 Å². The Bertz CT molecular complexity index is 784. The molecule has 0 unspecified atom stereocenters. The Morgan fingerprint density at radius 1 is 1.03 bits per heavy atom. The third kappa shape index (κ3) is 6.14. The van der Waals surface area contributed by atoms with Crippen LogP contribution < -0.4 is 16.8 Å². The fourth-order valence-corrected chi connectivity index (χ4v) is 9.28. The van der Waals surface area contributed by atoms with Gasteiger partial charge in [-0.2, -0.15) is 0 Å². The van der Waals surface area contributed by atoms with E-state index in [1.54, 1.807) is 5.57 Å². The summed E-state index contributed by atoms with van der Waals surface area (Å²) in [6.07, 6.45) is 20.1. The molecule has 4 aliphatic rings. The molecule has 0 aliphatic heterocycles. The summed E-state index contributed by atoms with van der Waals surface area (Å²) >= 11 is 0. The number of hydrogen-bond acceptors (Lipinski definition) is 5. The summed E-state index contributed by atoms with van der Waals surface area (Å²) in [5, 5.41) is 3.48. The molecule has 0 aromatic heterocycles. The van der Waals surface area contributed by atoms with E-state index in [9.17, 15) is 4.79 Å². The van der Waals surface area contributed by atoms with Crippen LogP contribution in [-0.2, 0) is 9.53 Å². The minimum Gasteiger partial charge on any atom is -0.461 e. The number of ether oxygens (including phenoxy) is 1. The van der Waals surface area contributed by atoms with E-state index in [0.717, 1.165) is 88.1 Å². The van der Waals surface area contributed by atoms with E-state index in [1.165, 1.54) is 44.9 Å². The van der Waals surface area contributed by atoms with Crippen molar-refractivity contribution in [2.75, 3.05) is 19.6 Å². The fourth-order valence-electron chi connectivity index (χ4n) is 9.28. The minimum absolute atomic E-state index is 0.0277. The summed E-state index contributed by atoms with van der Waals surface area (Å²) in [5.41, 5.74) is 13.8. The summed E-state index contributed by atoms with van der Waals surface area (Å²) in [6.45, 7) is 9.81. The molecule has 4 aliphatic carbocycles. The molecule has 5 heteroatoms. The smallest absolute Gasteiger partial charge is 0.323 e. The molecule has 0 saturated heterocycles. The average Bonchev–Trinajstić information content (AvgIpc) is 3.24. The second-order valence-electron chi connectivity index (χ2n) is 13.4. The van der Waals surface area contributed by atoms with Gasteiger partial charge >= 0.3 is 5.97 Å². The van der Waals surface area contributed by atoms with Gasteiger partial charge in [-0.15, -0.1) is 0 Å². The summed E-state index contributed by atoms with van der Waals surface area (Å²) in [7, 11) is 0. The van der Waals surface area contributed by atoms with Crippen LogP contribution in [0.5, 0.6) is 0 Å². The summed E-state index contributed by atoms with van der Waals surface area (Å²) < 4.78 is 6.19. The Labute approximate surface area is 227 Å². The predicted octanol–water partition coefficient (Wildman–Crippen LogP) is 6.10. The molecule has 0 amide bonds. The monoisotopic (exact) mass is 515 g/mol. The zero-order valence-corrected chi connectivity index (χ0v) is 24.2. The van der Waals surface area contributed by atoms with Gasteiger partial charge in [0.1, 0.15) is 12.1 Å². The van der Waals surface area contributed by atoms with Gasteiger partial charge in [0.25, 0.3) is 0 Å². The van der Waals surface area contributed by atoms with Gasteiger partial charge in [-0.3, -0.25) is 4.79 Å². The predicted molar refractivity (Wildman–Crippen MR) is 153 cm³/mol. The first kappa shape index (κ1) is 29.1. The van der Waals surface area contributed by atoms with Gasteiger partial charge in [0, 0.05) is 6.42 Å². The van der Waals surface area contributed by atoms with Gasteiger partial charge in [-0.1, -0.05) is 51.7 Å². The molecule has 0 spiro atoms. The van der Waals surface area contributed by atoms with Crippen LogP contribution in [0.25, 0.3) is 0 Å². The lowest BCUT2D eigenvalue weighted by molar-refractivity contribution is -0.154. The van der Waals surface area contributed by atoms with Crippen molar-refractivity contribution >= 4 is 5.97 Å². The number of carbonyl (C=O) groups excluding carboxylic acids is 1. The average molecular weight is 516 g/mol. The van der Waals surface area contributed by atoms with Crippen molar-refractivity contribution in [3.63, 3.8) is 0 Å². The molecule has 3 fully saturated rings. The Hall–Kier alpha value is -0.910. The van der Waals surface area contributed by atoms with Gasteiger partial charge in [-0.05, 0) is 125 Å². The van der Waals surface area contributed by atoms with E-state index in [1.807, 2.05) is 0 Å². The third-order valence-electron chi connectivity index (χ3n) is 11.5. The van der Waals surface area contributed by atoms with Gasteiger partial charge in [0.2, 0.25) is 0 Å². The number of allylic oxidation sites excluding steroid dienone is 1. The number of nitrogens with one attached hydrogen (secondary N) is 1. The maximum absolute atomic E-state index is 13.2. The number of hydrogen-bond donors (Lipinski definition) is 3. The SMILES string of the molecule is CC[C@H]1CC[C@H]2[C@@H]3CC=C4C[C@@H](OC(=O)[C@H](CCCN)NCCCCCCN)CC[C@]4(C)[C@H]3CC[C@]12C. The lowest BCUT2D eigenvalue weighted by atomic mass is 9.47. The van der Waals surface area contributed by atoms with Crippen molar-refractivity contribution in [1.29, 1.82) is 0 Å². The zero-order chi connectivity index (χ0) is 26.5. The Morgan fingerprint density at radius 3 is 2.57 bits per heavy atom. The number of rotatable bonds is 13. The lowest BCUT2D eigenvalue weighted by Crippen LogP contribution is -2.50. The van der Waals surface area contributed by atoms with E-state index in [0.29, 0.717) is 17.4 Å². The highest BCUT2D eigenvalue weighted by molar-refractivity contribution is 5.76. The summed E-state index contributed by atoms with van der Waals surface area (Å²) in [5.74, 6) is 3.45. The highest BCUT2D eigenvalue weighted by Gasteiger charge is 2.58. The number of nitrogens with two attached hydrogens (primary N) is 2. The maximum atomic E-state index is 13.2. The molecular weight excluding hydrogens is 458 g/mol. The molecule has 0 bridgehead atoms. The van der Waals surface area contributed by atoms with E-state index in [2.05, 4.69) is 32.2 Å². The van der Waals surface area contributed by atoms with Gasteiger partial charge < -0.3 is 21.5 Å². The van der Waals surface area contributed by atoms with Crippen LogP contribution in [0.3, 0.4) is 0 Å². The van der Waals surface area contributed by atoms with E-state index in [4.69, 9.17) is 16.2 Å². The van der Waals surface area contributed by atoms with Crippen LogP contribution in [0, 0.1) is 34.5 Å². The normalized spacial score (nSPS) is 37.8. The van der Waals surface area contributed by atoms with Crippen molar-refractivity contribution in [1.82, 2.24) is 5.32 Å². The van der Waals surface area contributed by atoms with Crippen LogP contribution in [0.1, 0.15) is 117 Å². The Balaban J connectivity index is 1.34. The fraction of sp³-hybridized carbons (Fsp3) is 0.906. The van der Waals surface area contributed by atoms with Crippen LogP contribution in [0.2, 0.25) is 0 Å². The van der Waals surface area contributed by atoms with Gasteiger partial charge in [-0.25, -0.2) is 0 Å². The quantitative estimate of drug-likeness (QED) is 0.157. The highest BCUT2D eigenvalue weighted by atomic mass is 16.5. The molecule has 0 aromatic carbocycles. The third-order valence-corrected chi connectivity index (χ3v) is 11.5. The van der Waals surface area contributed by atoms with Crippen molar-refractivity contribution in [2.24, 2.45) is 46.0 Å². The number of fused-ring (bicyclic) bond motifs is 5. The lowest BCUT2D eigenvalue weighted by Gasteiger charge is -2.58. The van der Waals surface area contributed by atoms with E-state index >= 15 is 0 Å². The first-order valence-corrected chi connectivity index (χ1v) is 15.9. The maximum Gasteiger partial charge on any atom is 0.323 e.